The van der Waals surface area contributed by atoms with Crippen LogP contribution in [0.25, 0.3) is 0 Å². The summed E-state index contributed by atoms with van der Waals surface area (Å²) in [6.45, 7) is 5.33. The van der Waals surface area contributed by atoms with Crippen molar-refractivity contribution in [2.45, 2.75) is 38.3 Å². The number of amides is 2. The van der Waals surface area contributed by atoms with Crippen LogP contribution in [0.3, 0.4) is 0 Å². The maximum Gasteiger partial charge on any atom is 0.317 e. The van der Waals surface area contributed by atoms with Crippen LogP contribution in [0, 0.1) is 5.92 Å². The Morgan fingerprint density at radius 3 is 2.95 bits per heavy atom. The largest absolute Gasteiger partial charge is 0.334 e. The molecular weight excluding hydrogens is 276 g/mol. The molecular formula is C17H26N4O. The lowest BCUT2D eigenvalue weighted by atomic mass is 10.2. The summed E-state index contributed by atoms with van der Waals surface area (Å²) in [6.07, 6.45) is 5.60. The van der Waals surface area contributed by atoms with Crippen LogP contribution in [-0.2, 0) is 0 Å². The molecule has 3 rings (SSSR count). The van der Waals surface area contributed by atoms with Gasteiger partial charge in [-0.3, -0.25) is 4.98 Å². The molecule has 5 nitrogen and oxygen atoms in total. The lowest BCUT2D eigenvalue weighted by Gasteiger charge is -2.26. The first-order valence-corrected chi connectivity index (χ1v) is 8.30. The van der Waals surface area contributed by atoms with Crippen LogP contribution in [-0.4, -0.2) is 53.5 Å². The molecule has 2 atom stereocenters. The molecule has 1 aliphatic carbocycles. The van der Waals surface area contributed by atoms with Crippen LogP contribution in [0.1, 0.15) is 37.9 Å². The fourth-order valence-electron chi connectivity index (χ4n) is 3.06. The molecule has 1 saturated carbocycles. The fraction of sp³-hybridized carbons (Fsp3) is 0.647. The maximum atomic E-state index is 12.4. The van der Waals surface area contributed by atoms with E-state index >= 15 is 0 Å². The second-order valence-electron chi connectivity index (χ2n) is 6.68. The second-order valence-corrected chi connectivity index (χ2v) is 6.68. The Labute approximate surface area is 132 Å². The average Bonchev–Trinajstić information content (AvgIpc) is 3.25. The van der Waals surface area contributed by atoms with Crippen LogP contribution in [0.5, 0.6) is 0 Å². The van der Waals surface area contributed by atoms with Gasteiger partial charge in [-0.2, -0.15) is 0 Å². The summed E-state index contributed by atoms with van der Waals surface area (Å²) >= 11 is 0. The van der Waals surface area contributed by atoms with Crippen molar-refractivity contribution in [1.82, 2.24) is 20.1 Å². The molecule has 5 heteroatoms. The topological polar surface area (TPSA) is 48.5 Å². The molecule has 1 aromatic rings. The molecule has 120 valence electrons. The molecule has 0 spiro atoms. The van der Waals surface area contributed by atoms with Gasteiger partial charge in [0.1, 0.15) is 0 Å². The number of pyridine rings is 1. The fourth-order valence-corrected chi connectivity index (χ4v) is 3.06. The van der Waals surface area contributed by atoms with E-state index in [4.69, 9.17) is 0 Å². The second kappa shape index (κ2) is 6.65. The van der Waals surface area contributed by atoms with Crippen molar-refractivity contribution in [2.75, 3.05) is 26.7 Å². The van der Waals surface area contributed by atoms with E-state index < -0.39 is 0 Å². The van der Waals surface area contributed by atoms with Gasteiger partial charge in [-0.1, -0.05) is 6.07 Å². The summed E-state index contributed by atoms with van der Waals surface area (Å²) in [5, 5.41) is 3.17. The van der Waals surface area contributed by atoms with Crippen LogP contribution in [0.2, 0.25) is 0 Å². The van der Waals surface area contributed by atoms with E-state index in [2.05, 4.69) is 15.2 Å². The third kappa shape index (κ3) is 3.77. The smallest absolute Gasteiger partial charge is 0.317 e. The van der Waals surface area contributed by atoms with Gasteiger partial charge >= 0.3 is 6.03 Å². The summed E-state index contributed by atoms with van der Waals surface area (Å²) in [5.41, 5.74) is 0.918. The number of likely N-dealkylation sites (tertiary alicyclic amines) is 1. The number of hydrogen-bond donors (Lipinski definition) is 1. The van der Waals surface area contributed by atoms with Crippen LogP contribution in [0.15, 0.2) is 24.4 Å². The first kappa shape index (κ1) is 15.3. The van der Waals surface area contributed by atoms with Crippen molar-refractivity contribution < 1.29 is 4.79 Å². The van der Waals surface area contributed by atoms with Crippen molar-refractivity contribution in [3.8, 4) is 0 Å². The monoisotopic (exact) mass is 302 g/mol. The van der Waals surface area contributed by atoms with Gasteiger partial charge in [-0.15, -0.1) is 0 Å². The molecule has 0 bridgehead atoms. The standard InChI is InChI=1S/C17H26N4O/c1-13(16-5-3-4-9-18-16)20(2)17(22)19-15-8-10-21(12-15)11-14-6-7-14/h3-5,9,13-15H,6-8,10-12H2,1-2H3,(H,19,22). The minimum Gasteiger partial charge on any atom is -0.334 e. The summed E-state index contributed by atoms with van der Waals surface area (Å²) < 4.78 is 0. The van der Waals surface area contributed by atoms with E-state index in [0.717, 1.165) is 31.1 Å². The average molecular weight is 302 g/mol. The van der Waals surface area contributed by atoms with E-state index in [1.54, 1.807) is 11.1 Å². The number of rotatable bonds is 5. The van der Waals surface area contributed by atoms with Crippen LogP contribution >= 0.6 is 0 Å². The highest BCUT2D eigenvalue weighted by atomic mass is 16.2. The van der Waals surface area contributed by atoms with Crippen molar-refractivity contribution >= 4 is 6.03 Å². The lowest BCUT2D eigenvalue weighted by Crippen LogP contribution is -2.45. The maximum absolute atomic E-state index is 12.4. The summed E-state index contributed by atoms with van der Waals surface area (Å²) in [6, 6.07) is 6.06. The minimum atomic E-state index is -0.0230. The van der Waals surface area contributed by atoms with E-state index in [-0.39, 0.29) is 18.1 Å². The zero-order chi connectivity index (χ0) is 15.5. The number of hydrogen-bond acceptors (Lipinski definition) is 3. The molecule has 1 aliphatic heterocycles. The normalized spacial score (nSPS) is 23.3. The number of urea groups is 1. The number of nitrogens with one attached hydrogen (secondary N) is 1. The van der Waals surface area contributed by atoms with Gasteiger partial charge < -0.3 is 15.1 Å². The Bertz CT molecular complexity index is 503. The van der Waals surface area contributed by atoms with E-state index in [1.807, 2.05) is 32.2 Å². The lowest BCUT2D eigenvalue weighted by molar-refractivity contribution is 0.189. The molecule has 2 aliphatic rings. The van der Waals surface area contributed by atoms with Gasteiger partial charge in [0.15, 0.2) is 0 Å². The first-order chi connectivity index (χ1) is 10.6. The van der Waals surface area contributed by atoms with Crippen molar-refractivity contribution in [3.05, 3.63) is 30.1 Å². The Kier molecular flexibility index (Phi) is 4.62. The van der Waals surface area contributed by atoms with E-state index in [1.165, 1.54) is 19.4 Å². The Morgan fingerprint density at radius 1 is 1.45 bits per heavy atom. The van der Waals surface area contributed by atoms with E-state index in [0.29, 0.717) is 0 Å². The van der Waals surface area contributed by atoms with Gasteiger partial charge in [0.05, 0.1) is 11.7 Å². The van der Waals surface area contributed by atoms with Crippen LogP contribution < -0.4 is 5.32 Å². The molecule has 2 amide bonds. The number of aromatic nitrogens is 1. The Hall–Kier alpha value is -1.62. The summed E-state index contributed by atoms with van der Waals surface area (Å²) in [4.78, 5) is 21.0. The number of carbonyl (C=O) groups excluding carboxylic acids is 1. The molecule has 0 aromatic carbocycles. The number of nitrogens with zero attached hydrogens (tertiary/aromatic N) is 3. The van der Waals surface area contributed by atoms with Gasteiger partial charge in [0.25, 0.3) is 0 Å². The van der Waals surface area contributed by atoms with Crippen molar-refractivity contribution in [2.24, 2.45) is 5.92 Å². The highest BCUT2D eigenvalue weighted by Crippen LogP contribution is 2.30. The molecule has 2 heterocycles. The SMILES string of the molecule is CC(c1ccccn1)N(C)C(=O)NC1CCN(CC2CC2)C1. The molecule has 2 fully saturated rings. The predicted molar refractivity (Wildman–Crippen MR) is 86.5 cm³/mol. The van der Waals surface area contributed by atoms with Gasteiger partial charge in [0.2, 0.25) is 0 Å². The van der Waals surface area contributed by atoms with Gasteiger partial charge in [-0.05, 0) is 44.2 Å². The Balaban J connectivity index is 1.48. The molecule has 1 aromatic heterocycles. The summed E-state index contributed by atoms with van der Waals surface area (Å²) in [5.74, 6) is 0.918. The van der Waals surface area contributed by atoms with Crippen molar-refractivity contribution in [1.29, 1.82) is 0 Å². The molecule has 1 saturated heterocycles. The highest BCUT2D eigenvalue weighted by molar-refractivity contribution is 5.74. The molecule has 22 heavy (non-hydrogen) atoms. The first-order valence-electron chi connectivity index (χ1n) is 8.30. The van der Waals surface area contributed by atoms with Crippen LogP contribution in [0.4, 0.5) is 4.79 Å². The quantitative estimate of drug-likeness (QED) is 0.907. The Morgan fingerprint density at radius 2 is 2.27 bits per heavy atom. The predicted octanol–water partition coefficient (Wildman–Crippen LogP) is 2.27. The third-order valence-electron chi connectivity index (χ3n) is 4.83. The number of carbonyl (C=O) groups is 1. The van der Waals surface area contributed by atoms with Gasteiger partial charge in [-0.25, -0.2) is 4.79 Å². The molecule has 1 N–H and O–H groups in total. The zero-order valence-corrected chi connectivity index (χ0v) is 13.5. The molecule has 0 radical (unpaired) electrons. The van der Waals surface area contributed by atoms with Gasteiger partial charge in [0, 0.05) is 38.9 Å². The third-order valence-corrected chi connectivity index (χ3v) is 4.83. The highest BCUT2D eigenvalue weighted by Gasteiger charge is 2.30. The zero-order valence-electron chi connectivity index (χ0n) is 13.5. The minimum absolute atomic E-state index is 0.00331. The summed E-state index contributed by atoms with van der Waals surface area (Å²) in [7, 11) is 1.84. The molecule has 2 unspecified atom stereocenters. The van der Waals surface area contributed by atoms with Crippen molar-refractivity contribution in [3.63, 3.8) is 0 Å². The van der Waals surface area contributed by atoms with E-state index in [9.17, 15) is 4.79 Å².